The normalized spacial score (nSPS) is 10.8. The summed E-state index contributed by atoms with van der Waals surface area (Å²) >= 11 is 0. The first-order valence-electron chi connectivity index (χ1n) is 20.6. The van der Waals surface area contributed by atoms with Crippen molar-refractivity contribution in [1.82, 2.24) is 14.1 Å². The lowest BCUT2D eigenvalue weighted by molar-refractivity contribution is 1.15. The molecule has 0 atom stereocenters. The van der Waals surface area contributed by atoms with Gasteiger partial charge in [-0.2, -0.15) is 21.0 Å². The first kappa shape index (κ1) is 38.7. The summed E-state index contributed by atoms with van der Waals surface area (Å²) in [6.07, 6.45) is 3.66. The molecular formula is C57H33N7. The first-order valence-corrected chi connectivity index (χ1v) is 20.6. The summed E-state index contributed by atoms with van der Waals surface area (Å²) in [6, 6.07) is 71.2. The fraction of sp³-hybridized carbons (Fsp3) is 0. The predicted octanol–water partition coefficient (Wildman–Crippen LogP) is 13.5. The maximum atomic E-state index is 10.5. The largest absolute Gasteiger partial charge is 0.309 e. The minimum absolute atomic E-state index is 0.552. The van der Waals surface area contributed by atoms with Gasteiger partial charge in [-0.15, -0.1) is 0 Å². The standard InChI is InChI=1S/C50H28N6.C7H5N/c51-28-32-9-13-34(14-10-32)36-18-21-48-43(25-36)40-5-1-3-7-46(40)55(48)39-20-17-38(30-53)42(27-39)45-31-54-24-23-50(45)56-47-8-4-2-6-41(47)44-26-37(19-22-49(44)56)35-15-11-33(29-52)12-16-35;8-6-7-4-2-1-3-5-7/h1-27,31H;1-5H. The lowest BCUT2D eigenvalue weighted by Crippen LogP contribution is -2.01. The van der Waals surface area contributed by atoms with E-state index in [0.717, 1.165) is 88.4 Å². The van der Waals surface area contributed by atoms with Gasteiger partial charge in [-0.1, -0.05) is 91.0 Å². The van der Waals surface area contributed by atoms with Crippen LogP contribution in [0.2, 0.25) is 0 Å². The van der Waals surface area contributed by atoms with Crippen molar-refractivity contribution in [3.05, 3.63) is 223 Å². The van der Waals surface area contributed by atoms with Crippen molar-refractivity contribution in [3.8, 4) is 69.0 Å². The Morgan fingerprint density at radius 3 is 1.39 bits per heavy atom. The molecule has 64 heavy (non-hydrogen) atoms. The van der Waals surface area contributed by atoms with Crippen molar-refractivity contribution in [1.29, 1.82) is 21.0 Å². The fourth-order valence-corrected chi connectivity index (χ4v) is 8.61. The summed E-state index contributed by atoms with van der Waals surface area (Å²) in [6.45, 7) is 0. The van der Waals surface area contributed by atoms with Crippen LogP contribution < -0.4 is 0 Å². The summed E-state index contributed by atoms with van der Waals surface area (Å²) in [4.78, 5) is 4.61. The van der Waals surface area contributed by atoms with Crippen LogP contribution in [-0.4, -0.2) is 14.1 Å². The van der Waals surface area contributed by atoms with E-state index in [2.05, 4.69) is 123 Å². The summed E-state index contributed by atoms with van der Waals surface area (Å²) in [7, 11) is 0. The second kappa shape index (κ2) is 16.5. The van der Waals surface area contributed by atoms with E-state index >= 15 is 0 Å². The lowest BCUT2D eigenvalue weighted by Gasteiger charge is -2.16. The summed E-state index contributed by atoms with van der Waals surface area (Å²) in [5, 5.41) is 41.9. The van der Waals surface area contributed by atoms with E-state index in [1.165, 1.54) is 0 Å². The molecule has 0 fully saturated rings. The second-order valence-corrected chi connectivity index (χ2v) is 15.3. The third kappa shape index (κ3) is 6.85. The number of nitrogens with zero attached hydrogens (tertiary/aromatic N) is 7. The summed E-state index contributed by atoms with van der Waals surface area (Å²) in [5.74, 6) is 0. The third-order valence-corrected chi connectivity index (χ3v) is 11.7. The Hall–Kier alpha value is -9.53. The molecule has 0 aliphatic heterocycles. The molecule has 0 unspecified atom stereocenters. The number of hydrogen-bond donors (Lipinski definition) is 0. The number of pyridine rings is 1. The van der Waals surface area contributed by atoms with Crippen molar-refractivity contribution in [2.45, 2.75) is 0 Å². The van der Waals surface area contributed by atoms with Crippen molar-refractivity contribution >= 4 is 43.6 Å². The molecule has 0 saturated carbocycles. The molecule has 11 aromatic rings. The van der Waals surface area contributed by atoms with Crippen LogP contribution in [0.25, 0.3) is 88.4 Å². The highest BCUT2D eigenvalue weighted by Crippen LogP contribution is 2.40. The highest BCUT2D eigenvalue weighted by Gasteiger charge is 2.20. The van der Waals surface area contributed by atoms with Crippen molar-refractivity contribution in [3.63, 3.8) is 0 Å². The topological polar surface area (TPSA) is 118 Å². The number of fused-ring (bicyclic) bond motifs is 6. The molecular weight excluding hydrogens is 783 g/mol. The SMILES string of the molecule is N#Cc1ccc(-c2ccc3c(c2)c2ccccc2n3-c2ccc(C#N)c(-c3cnccc3-n3c4ccccc4c4cc(-c5ccc(C#N)cc5)ccc43)c2)cc1.N#Cc1ccccc1. The Bertz CT molecular complexity index is 3760. The van der Waals surface area contributed by atoms with E-state index in [4.69, 9.17) is 5.26 Å². The molecule has 7 nitrogen and oxygen atoms in total. The molecule has 0 radical (unpaired) electrons. The van der Waals surface area contributed by atoms with Gasteiger partial charge in [0.2, 0.25) is 0 Å². The number of benzene rings is 8. The maximum Gasteiger partial charge on any atom is 0.0998 e. The van der Waals surface area contributed by atoms with Crippen LogP contribution >= 0.6 is 0 Å². The zero-order valence-corrected chi connectivity index (χ0v) is 34.2. The monoisotopic (exact) mass is 815 g/mol. The molecule has 0 aliphatic rings. The molecule has 296 valence electrons. The van der Waals surface area contributed by atoms with E-state index in [0.29, 0.717) is 22.3 Å². The fourth-order valence-electron chi connectivity index (χ4n) is 8.61. The average molecular weight is 816 g/mol. The van der Waals surface area contributed by atoms with Crippen LogP contribution in [0, 0.1) is 45.3 Å². The minimum atomic E-state index is 0.552. The quantitative estimate of drug-likeness (QED) is 0.171. The van der Waals surface area contributed by atoms with Gasteiger partial charge in [-0.25, -0.2) is 0 Å². The number of hydrogen-bond acceptors (Lipinski definition) is 5. The number of aromatic nitrogens is 3. The predicted molar refractivity (Wildman–Crippen MR) is 255 cm³/mol. The Kier molecular flexibility index (Phi) is 9.96. The van der Waals surface area contributed by atoms with Gasteiger partial charge >= 0.3 is 0 Å². The van der Waals surface area contributed by atoms with E-state index in [-0.39, 0.29) is 0 Å². The van der Waals surface area contributed by atoms with Crippen LogP contribution in [0.5, 0.6) is 0 Å². The van der Waals surface area contributed by atoms with E-state index in [1.54, 1.807) is 18.3 Å². The maximum absolute atomic E-state index is 10.5. The lowest BCUT2D eigenvalue weighted by atomic mass is 9.99. The van der Waals surface area contributed by atoms with Crippen LogP contribution in [0.1, 0.15) is 22.3 Å². The van der Waals surface area contributed by atoms with Gasteiger partial charge in [0.1, 0.15) is 0 Å². The summed E-state index contributed by atoms with van der Waals surface area (Å²) in [5.41, 5.74) is 14.4. The van der Waals surface area contributed by atoms with Gasteiger partial charge in [-0.05, 0) is 119 Å². The molecule has 0 saturated heterocycles. The van der Waals surface area contributed by atoms with Gasteiger partial charge in [-0.3, -0.25) is 4.98 Å². The Morgan fingerprint density at radius 2 is 0.844 bits per heavy atom. The van der Waals surface area contributed by atoms with Crippen LogP contribution in [0.3, 0.4) is 0 Å². The minimum Gasteiger partial charge on any atom is -0.309 e. The molecule has 0 amide bonds. The number of rotatable bonds is 5. The molecule has 0 spiro atoms. The Balaban J connectivity index is 0.000000549. The number of nitriles is 4. The number of para-hydroxylation sites is 2. The van der Waals surface area contributed by atoms with Gasteiger partial charge in [0, 0.05) is 50.8 Å². The van der Waals surface area contributed by atoms with Crippen molar-refractivity contribution < 1.29 is 0 Å². The third-order valence-electron chi connectivity index (χ3n) is 11.7. The molecule has 0 bridgehead atoms. The van der Waals surface area contributed by atoms with Gasteiger partial charge in [0.25, 0.3) is 0 Å². The Labute approximate surface area is 369 Å². The smallest absolute Gasteiger partial charge is 0.0998 e. The summed E-state index contributed by atoms with van der Waals surface area (Å²) < 4.78 is 4.53. The first-order chi connectivity index (χ1) is 31.6. The average Bonchev–Trinajstić information content (AvgIpc) is 3.88. The van der Waals surface area contributed by atoms with E-state index in [1.807, 2.05) is 97.2 Å². The molecule has 0 aliphatic carbocycles. The van der Waals surface area contributed by atoms with Crippen LogP contribution in [0.15, 0.2) is 200 Å². The molecule has 8 aromatic carbocycles. The van der Waals surface area contributed by atoms with E-state index in [9.17, 15) is 15.8 Å². The highest BCUT2D eigenvalue weighted by atomic mass is 15.0. The zero-order valence-electron chi connectivity index (χ0n) is 34.2. The molecule has 11 rings (SSSR count). The van der Waals surface area contributed by atoms with Gasteiger partial charge < -0.3 is 9.13 Å². The Morgan fingerprint density at radius 1 is 0.359 bits per heavy atom. The molecule has 3 heterocycles. The van der Waals surface area contributed by atoms with E-state index < -0.39 is 0 Å². The molecule has 3 aromatic heterocycles. The zero-order chi connectivity index (χ0) is 43.6. The van der Waals surface area contributed by atoms with Crippen LogP contribution in [-0.2, 0) is 0 Å². The second-order valence-electron chi connectivity index (χ2n) is 15.3. The highest BCUT2D eigenvalue weighted by molar-refractivity contribution is 6.12. The van der Waals surface area contributed by atoms with Gasteiger partial charge in [0.05, 0.1) is 74.3 Å². The van der Waals surface area contributed by atoms with Crippen molar-refractivity contribution in [2.75, 3.05) is 0 Å². The van der Waals surface area contributed by atoms with Crippen molar-refractivity contribution in [2.24, 2.45) is 0 Å². The van der Waals surface area contributed by atoms with Crippen LogP contribution in [0.4, 0.5) is 0 Å². The molecule has 7 heteroatoms. The molecule has 0 N–H and O–H groups in total. The van der Waals surface area contributed by atoms with Gasteiger partial charge in [0.15, 0.2) is 0 Å².